The lowest BCUT2D eigenvalue weighted by Crippen LogP contribution is -2.42. The lowest BCUT2D eigenvalue weighted by molar-refractivity contribution is -0.136. The normalized spacial score (nSPS) is 14.8. The molecule has 8 heteroatoms. The van der Waals surface area contributed by atoms with Crippen LogP contribution in [0.2, 0.25) is 0 Å². The first-order chi connectivity index (χ1) is 18.4. The Labute approximate surface area is 220 Å². The van der Waals surface area contributed by atoms with Crippen LogP contribution in [0.3, 0.4) is 0 Å². The number of ether oxygens (including phenoxy) is 1. The number of carbonyl (C=O) groups is 2. The van der Waals surface area contributed by atoms with E-state index in [1.165, 1.54) is 12.1 Å². The van der Waals surface area contributed by atoms with E-state index in [-0.39, 0.29) is 42.5 Å². The molecule has 2 aromatic carbocycles. The molecule has 0 saturated heterocycles. The van der Waals surface area contributed by atoms with Gasteiger partial charge in [0.05, 0.1) is 18.8 Å². The van der Waals surface area contributed by atoms with Crippen LogP contribution in [0.1, 0.15) is 58.7 Å². The summed E-state index contributed by atoms with van der Waals surface area (Å²) in [6.07, 6.45) is 2.25. The molecule has 4 aromatic rings. The second kappa shape index (κ2) is 11.0. The van der Waals surface area contributed by atoms with Gasteiger partial charge in [-0.2, -0.15) is 0 Å². The molecule has 0 saturated carbocycles. The van der Waals surface area contributed by atoms with Gasteiger partial charge in [-0.1, -0.05) is 32.0 Å². The van der Waals surface area contributed by atoms with Crippen molar-refractivity contribution >= 4 is 11.8 Å². The Hall–Kier alpha value is -4.33. The summed E-state index contributed by atoms with van der Waals surface area (Å²) in [6, 6.07) is 18.6. The van der Waals surface area contributed by atoms with Crippen molar-refractivity contribution in [1.29, 1.82) is 0 Å². The number of furan rings is 2. The molecule has 0 spiro atoms. The first-order valence-corrected chi connectivity index (χ1v) is 12.6. The Morgan fingerprint density at radius 3 is 2.71 bits per heavy atom. The maximum absolute atomic E-state index is 14.2. The molecule has 1 aliphatic rings. The van der Waals surface area contributed by atoms with E-state index in [0.717, 1.165) is 11.1 Å². The van der Waals surface area contributed by atoms with Gasteiger partial charge < -0.3 is 23.8 Å². The summed E-state index contributed by atoms with van der Waals surface area (Å²) in [5.74, 6) is 1.03. The third kappa shape index (κ3) is 5.49. The molecule has 0 radical (unpaired) electrons. The minimum Gasteiger partial charge on any atom is -0.486 e. The van der Waals surface area contributed by atoms with Crippen molar-refractivity contribution in [1.82, 2.24) is 10.2 Å². The predicted octanol–water partition coefficient (Wildman–Crippen LogP) is 5.65. The molecule has 7 nitrogen and oxygen atoms in total. The van der Waals surface area contributed by atoms with Crippen molar-refractivity contribution in [3.8, 4) is 5.75 Å². The van der Waals surface area contributed by atoms with Gasteiger partial charge in [0.1, 0.15) is 29.7 Å². The number of nitrogens with one attached hydrogen (secondary N) is 1. The van der Waals surface area contributed by atoms with E-state index in [1.807, 2.05) is 43.0 Å². The number of hydrogen-bond donors (Lipinski definition) is 1. The Morgan fingerprint density at radius 1 is 1.08 bits per heavy atom. The average Bonchev–Trinajstić information content (AvgIpc) is 3.62. The standard InChI is InChI=1S/C30H29FN2O5/c1-19(2)30(35)33-13-12-20-8-9-23(16-26(20)28(33)21-5-3-6-22(31)15-21)37-18-25-10-11-27(38-25)29(34)32-17-24-7-4-14-36-24/h3-11,14-16,19,28H,12-13,17-18H2,1-2H3,(H,32,34)/t28-/m0/s1. The molecule has 1 aliphatic heterocycles. The second-order valence-electron chi connectivity index (χ2n) is 9.57. The summed E-state index contributed by atoms with van der Waals surface area (Å²) in [5.41, 5.74) is 2.71. The summed E-state index contributed by atoms with van der Waals surface area (Å²) in [6.45, 7) is 4.67. The molecule has 0 unspecified atom stereocenters. The van der Waals surface area contributed by atoms with Gasteiger partial charge in [0.2, 0.25) is 5.91 Å². The molecule has 0 aliphatic carbocycles. The fraction of sp³-hybridized carbons (Fsp3) is 0.267. The van der Waals surface area contributed by atoms with Crippen molar-refractivity contribution in [2.24, 2.45) is 5.92 Å². The van der Waals surface area contributed by atoms with Crippen LogP contribution in [-0.2, 0) is 24.4 Å². The minimum atomic E-state index is -0.416. The number of nitrogens with zero attached hydrogens (tertiary/aromatic N) is 1. The summed E-state index contributed by atoms with van der Waals surface area (Å²) in [5, 5.41) is 2.74. The van der Waals surface area contributed by atoms with Gasteiger partial charge in [-0.3, -0.25) is 9.59 Å². The van der Waals surface area contributed by atoms with Gasteiger partial charge in [-0.15, -0.1) is 0 Å². The predicted molar refractivity (Wildman–Crippen MR) is 138 cm³/mol. The van der Waals surface area contributed by atoms with E-state index in [2.05, 4.69) is 5.32 Å². The van der Waals surface area contributed by atoms with Crippen LogP contribution in [0.15, 0.2) is 81.8 Å². The Balaban J connectivity index is 1.32. The Morgan fingerprint density at radius 2 is 1.95 bits per heavy atom. The molecule has 1 atom stereocenters. The molecule has 1 N–H and O–H groups in total. The summed E-state index contributed by atoms with van der Waals surface area (Å²) in [7, 11) is 0. The van der Waals surface area contributed by atoms with Crippen LogP contribution < -0.4 is 10.1 Å². The topological polar surface area (TPSA) is 84.9 Å². The lowest BCUT2D eigenvalue weighted by Gasteiger charge is -2.39. The van der Waals surface area contributed by atoms with Crippen molar-refractivity contribution in [3.63, 3.8) is 0 Å². The van der Waals surface area contributed by atoms with Gasteiger partial charge in [0.15, 0.2) is 5.76 Å². The van der Waals surface area contributed by atoms with Gasteiger partial charge in [0, 0.05) is 12.5 Å². The summed E-state index contributed by atoms with van der Waals surface area (Å²) >= 11 is 0. The molecule has 38 heavy (non-hydrogen) atoms. The molecule has 0 bridgehead atoms. The number of rotatable bonds is 8. The zero-order valence-electron chi connectivity index (χ0n) is 21.3. The van der Waals surface area contributed by atoms with Gasteiger partial charge in [0.25, 0.3) is 5.91 Å². The highest BCUT2D eigenvalue weighted by Gasteiger charge is 2.33. The first-order valence-electron chi connectivity index (χ1n) is 12.6. The van der Waals surface area contributed by atoms with E-state index in [1.54, 1.807) is 36.6 Å². The summed E-state index contributed by atoms with van der Waals surface area (Å²) in [4.78, 5) is 27.3. The summed E-state index contributed by atoms with van der Waals surface area (Å²) < 4.78 is 31.1. The highest BCUT2D eigenvalue weighted by Crippen LogP contribution is 2.38. The molecule has 5 rings (SSSR count). The molecule has 2 aromatic heterocycles. The number of benzene rings is 2. The largest absolute Gasteiger partial charge is 0.486 e. The lowest BCUT2D eigenvalue weighted by atomic mass is 9.87. The van der Waals surface area contributed by atoms with Gasteiger partial charge in [-0.25, -0.2) is 4.39 Å². The Bertz CT molecular complexity index is 1430. The van der Waals surface area contributed by atoms with Crippen molar-refractivity contribution in [2.75, 3.05) is 6.54 Å². The smallest absolute Gasteiger partial charge is 0.287 e. The number of hydrogen-bond acceptors (Lipinski definition) is 5. The number of halogens is 1. The van der Waals surface area contributed by atoms with Crippen molar-refractivity contribution in [2.45, 2.75) is 39.5 Å². The fourth-order valence-electron chi connectivity index (χ4n) is 4.69. The van der Waals surface area contributed by atoms with Crippen molar-refractivity contribution < 1.29 is 27.6 Å². The van der Waals surface area contributed by atoms with E-state index in [9.17, 15) is 14.0 Å². The molecule has 2 amide bonds. The third-order valence-corrected chi connectivity index (χ3v) is 6.56. The SMILES string of the molecule is CC(C)C(=O)N1CCc2ccc(OCc3ccc(C(=O)NCc4ccco4)o3)cc2[C@@H]1c1cccc(F)c1. The van der Waals surface area contributed by atoms with E-state index in [0.29, 0.717) is 35.8 Å². The van der Waals surface area contributed by atoms with Crippen LogP contribution in [0, 0.1) is 11.7 Å². The molecule has 0 fully saturated rings. The van der Waals surface area contributed by atoms with Crippen LogP contribution >= 0.6 is 0 Å². The van der Waals surface area contributed by atoms with E-state index in [4.69, 9.17) is 13.6 Å². The number of amides is 2. The minimum absolute atomic E-state index is 0.0182. The third-order valence-electron chi connectivity index (χ3n) is 6.56. The number of carbonyl (C=O) groups excluding carboxylic acids is 2. The quantitative estimate of drug-likeness (QED) is 0.327. The van der Waals surface area contributed by atoms with Crippen LogP contribution in [0.5, 0.6) is 5.75 Å². The van der Waals surface area contributed by atoms with Gasteiger partial charge >= 0.3 is 0 Å². The monoisotopic (exact) mass is 516 g/mol. The molecule has 196 valence electrons. The van der Waals surface area contributed by atoms with Crippen LogP contribution in [-0.4, -0.2) is 23.3 Å². The van der Waals surface area contributed by atoms with Crippen molar-refractivity contribution in [3.05, 3.63) is 113 Å². The molecule has 3 heterocycles. The zero-order chi connectivity index (χ0) is 26.6. The Kier molecular flexibility index (Phi) is 7.31. The first kappa shape index (κ1) is 25.3. The fourth-order valence-corrected chi connectivity index (χ4v) is 4.69. The van der Waals surface area contributed by atoms with Crippen LogP contribution in [0.25, 0.3) is 0 Å². The highest BCUT2D eigenvalue weighted by molar-refractivity contribution is 5.91. The van der Waals surface area contributed by atoms with Gasteiger partial charge in [-0.05, 0) is 71.6 Å². The van der Waals surface area contributed by atoms with E-state index < -0.39 is 6.04 Å². The highest BCUT2D eigenvalue weighted by atomic mass is 19.1. The molecular formula is C30H29FN2O5. The second-order valence-corrected chi connectivity index (χ2v) is 9.57. The van der Waals surface area contributed by atoms with Crippen LogP contribution in [0.4, 0.5) is 4.39 Å². The number of fused-ring (bicyclic) bond motifs is 1. The average molecular weight is 517 g/mol. The molecular weight excluding hydrogens is 487 g/mol. The van der Waals surface area contributed by atoms with E-state index >= 15 is 0 Å². The maximum Gasteiger partial charge on any atom is 0.287 e. The maximum atomic E-state index is 14.2. The zero-order valence-corrected chi connectivity index (χ0v) is 21.3.